The van der Waals surface area contributed by atoms with E-state index in [0.29, 0.717) is 20.8 Å². The molecular weight excluding hydrogens is 374 g/mol. The van der Waals surface area contributed by atoms with Crippen LogP contribution in [0.4, 0.5) is 5.69 Å². The highest BCUT2D eigenvalue weighted by atomic mass is 32.1. The number of anilines is 1. The third-order valence-electron chi connectivity index (χ3n) is 5.04. The molecule has 7 heteroatoms. The fraction of sp³-hybridized carbons (Fsp3) is 0.286. The lowest BCUT2D eigenvalue weighted by atomic mass is 10.0. The monoisotopic (exact) mass is 395 g/mol. The molecule has 1 saturated heterocycles. The van der Waals surface area contributed by atoms with E-state index in [0.717, 1.165) is 54.6 Å². The first kappa shape index (κ1) is 18.4. The average molecular weight is 395 g/mol. The molecule has 1 aromatic carbocycles. The quantitative estimate of drug-likeness (QED) is 0.708. The van der Waals surface area contributed by atoms with Crippen LogP contribution in [0.2, 0.25) is 0 Å². The van der Waals surface area contributed by atoms with E-state index in [9.17, 15) is 14.4 Å². The number of benzene rings is 1. The molecule has 3 heterocycles. The number of piperidine rings is 1. The highest BCUT2D eigenvalue weighted by Crippen LogP contribution is 2.24. The molecule has 144 valence electrons. The number of carbonyl (C=O) groups excluding carboxylic acids is 2. The molecule has 2 aromatic heterocycles. The Kier molecular flexibility index (Phi) is 5.00. The number of hydrogen-bond acceptors (Lipinski definition) is 4. The Labute approximate surface area is 166 Å². The molecule has 6 nitrogen and oxygen atoms in total. The van der Waals surface area contributed by atoms with Crippen molar-refractivity contribution in [2.75, 3.05) is 18.4 Å². The van der Waals surface area contributed by atoms with Gasteiger partial charge in [-0.1, -0.05) is 6.07 Å². The lowest BCUT2D eigenvalue weighted by Crippen LogP contribution is -2.36. The van der Waals surface area contributed by atoms with Crippen LogP contribution in [0.5, 0.6) is 0 Å². The van der Waals surface area contributed by atoms with Gasteiger partial charge < -0.3 is 15.2 Å². The van der Waals surface area contributed by atoms with Crippen LogP contribution in [-0.4, -0.2) is 34.8 Å². The smallest absolute Gasteiger partial charge is 0.265 e. The number of aromatic amines is 1. The summed E-state index contributed by atoms with van der Waals surface area (Å²) in [5.41, 5.74) is 1.88. The zero-order valence-electron chi connectivity index (χ0n) is 15.6. The number of pyridine rings is 1. The van der Waals surface area contributed by atoms with Crippen molar-refractivity contribution in [2.24, 2.45) is 0 Å². The van der Waals surface area contributed by atoms with Crippen LogP contribution in [0.1, 0.15) is 44.9 Å². The van der Waals surface area contributed by atoms with Gasteiger partial charge in [0.15, 0.2) is 0 Å². The molecule has 28 heavy (non-hydrogen) atoms. The lowest BCUT2D eigenvalue weighted by Gasteiger charge is -2.27. The van der Waals surface area contributed by atoms with Gasteiger partial charge in [-0.15, -0.1) is 11.3 Å². The van der Waals surface area contributed by atoms with Crippen LogP contribution >= 0.6 is 11.3 Å². The minimum Gasteiger partial charge on any atom is -0.339 e. The molecule has 2 amide bonds. The highest BCUT2D eigenvalue weighted by Gasteiger charge is 2.20. The van der Waals surface area contributed by atoms with Crippen molar-refractivity contribution in [3.8, 4) is 0 Å². The normalized spacial score (nSPS) is 14.2. The number of nitrogens with zero attached hydrogens (tertiary/aromatic N) is 1. The maximum Gasteiger partial charge on any atom is 0.265 e. The third kappa shape index (κ3) is 3.57. The van der Waals surface area contributed by atoms with Gasteiger partial charge in [0.25, 0.3) is 17.4 Å². The molecule has 3 aromatic rings. The van der Waals surface area contributed by atoms with Gasteiger partial charge >= 0.3 is 0 Å². The second kappa shape index (κ2) is 7.59. The van der Waals surface area contributed by atoms with E-state index >= 15 is 0 Å². The molecule has 0 unspecified atom stereocenters. The molecule has 0 spiro atoms. The van der Waals surface area contributed by atoms with E-state index in [2.05, 4.69) is 10.3 Å². The number of hydrogen-bond donors (Lipinski definition) is 2. The molecule has 0 saturated carbocycles. The summed E-state index contributed by atoms with van der Waals surface area (Å²) in [7, 11) is 0. The largest absolute Gasteiger partial charge is 0.339 e. The molecule has 0 aliphatic carbocycles. The van der Waals surface area contributed by atoms with Gasteiger partial charge in [0.1, 0.15) is 4.70 Å². The number of rotatable bonds is 3. The SMILES string of the molecule is Cc1ccc(NC(=O)c2cc3cc[nH]c(=O)c3s2)cc1C(=O)N1CCCCC1. The number of amides is 2. The third-order valence-corrected chi connectivity index (χ3v) is 6.19. The van der Waals surface area contributed by atoms with Gasteiger partial charge in [0, 0.05) is 35.9 Å². The first-order chi connectivity index (χ1) is 13.5. The van der Waals surface area contributed by atoms with E-state index in [1.807, 2.05) is 17.9 Å². The summed E-state index contributed by atoms with van der Waals surface area (Å²) in [6, 6.07) is 8.86. The molecule has 1 fully saturated rings. The van der Waals surface area contributed by atoms with Crippen molar-refractivity contribution < 1.29 is 9.59 Å². The van der Waals surface area contributed by atoms with Crippen molar-refractivity contribution in [3.05, 3.63) is 62.9 Å². The van der Waals surface area contributed by atoms with Gasteiger partial charge in [0.2, 0.25) is 0 Å². The summed E-state index contributed by atoms with van der Waals surface area (Å²) in [6.07, 6.45) is 4.80. The molecular formula is C21H21N3O3S. The van der Waals surface area contributed by atoms with Crippen LogP contribution in [0.3, 0.4) is 0 Å². The van der Waals surface area contributed by atoms with Crippen LogP contribution in [0, 0.1) is 6.92 Å². The van der Waals surface area contributed by atoms with Crippen molar-refractivity contribution in [1.29, 1.82) is 0 Å². The summed E-state index contributed by atoms with van der Waals surface area (Å²) in [4.78, 5) is 42.3. The minimum atomic E-state index is -0.291. The summed E-state index contributed by atoms with van der Waals surface area (Å²) in [6.45, 7) is 3.47. The van der Waals surface area contributed by atoms with Crippen molar-refractivity contribution >= 4 is 38.9 Å². The van der Waals surface area contributed by atoms with Gasteiger partial charge in [0.05, 0.1) is 4.88 Å². The maximum absolute atomic E-state index is 12.9. The van der Waals surface area contributed by atoms with E-state index < -0.39 is 0 Å². The number of likely N-dealkylation sites (tertiary alicyclic amines) is 1. The molecule has 0 bridgehead atoms. The number of aromatic nitrogens is 1. The zero-order chi connectivity index (χ0) is 19.7. The van der Waals surface area contributed by atoms with Crippen molar-refractivity contribution in [2.45, 2.75) is 26.2 Å². The van der Waals surface area contributed by atoms with E-state index in [4.69, 9.17) is 0 Å². The first-order valence-corrected chi connectivity index (χ1v) is 10.2. The molecule has 2 N–H and O–H groups in total. The molecule has 1 aliphatic heterocycles. The summed E-state index contributed by atoms with van der Waals surface area (Å²) in [5.74, 6) is -0.275. The number of aryl methyl sites for hydroxylation is 1. The Bertz CT molecular complexity index is 1110. The van der Waals surface area contributed by atoms with Crippen molar-refractivity contribution in [1.82, 2.24) is 9.88 Å². The van der Waals surface area contributed by atoms with Gasteiger partial charge in [-0.25, -0.2) is 0 Å². The molecule has 1 aliphatic rings. The van der Waals surface area contributed by atoms with Gasteiger partial charge in [-0.2, -0.15) is 0 Å². The van der Waals surface area contributed by atoms with Crippen LogP contribution in [-0.2, 0) is 0 Å². The Morgan fingerprint density at radius 3 is 2.64 bits per heavy atom. The Morgan fingerprint density at radius 2 is 1.89 bits per heavy atom. The maximum atomic E-state index is 12.9. The predicted octanol–water partition coefficient (Wildman–Crippen LogP) is 3.78. The standard InChI is InChI=1S/C21H21N3O3S/c1-13-5-6-15(12-16(13)21(27)24-9-3-2-4-10-24)23-19(25)17-11-14-7-8-22-20(26)18(14)28-17/h5-8,11-12H,2-4,9-10H2,1H3,(H,22,26)(H,23,25). The van der Waals surface area contributed by atoms with Crippen molar-refractivity contribution in [3.63, 3.8) is 0 Å². The molecule has 4 rings (SSSR count). The fourth-order valence-corrected chi connectivity index (χ4v) is 4.43. The fourth-order valence-electron chi connectivity index (χ4n) is 3.48. The highest BCUT2D eigenvalue weighted by molar-refractivity contribution is 7.20. The Morgan fingerprint density at radius 1 is 1.11 bits per heavy atom. The second-order valence-electron chi connectivity index (χ2n) is 7.04. The predicted molar refractivity (Wildman–Crippen MR) is 111 cm³/mol. The number of H-pyrrole nitrogens is 1. The lowest BCUT2D eigenvalue weighted by molar-refractivity contribution is 0.0723. The van der Waals surface area contributed by atoms with Gasteiger partial charge in [-0.05, 0) is 56.0 Å². The number of nitrogens with one attached hydrogen (secondary N) is 2. The topological polar surface area (TPSA) is 82.3 Å². The molecule has 0 atom stereocenters. The van der Waals surface area contributed by atoms with E-state index in [1.165, 1.54) is 0 Å². The first-order valence-electron chi connectivity index (χ1n) is 9.35. The summed E-state index contributed by atoms with van der Waals surface area (Å²) in [5, 5.41) is 3.59. The average Bonchev–Trinajstić information content (AvgIpc) is 3.15. The van der Waals surface area contributed by atoms with Crippen LogP contribution in [0.15, 0.2) is 41.3 Å². The minimum absolute atomic E-state index is 0.0155. The van der Waals surface area contributed by atoms with E-state index in [1.54, 1.807) is 30.5 Å². The number of fused-ring (bicyclic) bond motifs is 1. The van der Waals surface area contributed by atoms with Crippen LogP contribution in [0.25, 0.3) is 10.1 Å². The summed E-state index contributed by atoms with van der Waals surface area (Å²) < 4.78 is 0.525. The van der Waals surface area contributed by atoms with E-state index in [-0.39, 0.29) is 17.4 Å². The Hall–Kier alpha value is -2.93. The zero-order valence-corrected chi connectivity index (χ0v) is 16.4. The summed E-state index contributed by atoms with van der Waals surface area (Å²) >= 11 is 1.16. The Balaban J connectivity index is 1.57. The number of thiophene rings is 1. The van der Waals surface area contributed by atoms with Gasteiger partial charge in [-0.3, -0.25) is 14.4 Å². The number of carbonyl (C=O) groups is 2. The van der Waals surface area contributed by atoms with Crippen LogP contribution < -0.4 is 10.9 Å². The second-order valence-corrected chi connectivity index (χ2v) is 8.09. The molecule has 0 radical (unpaired) electrons.